The van der Waals surface area contributed by atoms with Gasteiger partial charge in [0.2, 0.25) is 5.56 Å². The van der Waals surface area contributed by atoms with Gasteiger partial charge in [-0.25, -0.2) is 4.98 Å². The molecule has 1 aromatic carbocycles. The molecule has 0 aliphatic heterocycles. The third-order valence-electron chi connectivity index (χ3n) is 2.77. The minimum Gasteiger partial charge on any atom is -0.338 e. The summed E-state index contributed by atoms with van der Waals surface area (Å²) in [6.07, 6.45) is 1.66. The lowest BCUT2D eigenvalue weighted by Gasteiger charge is -1.93. The van der Waals surface area contributed by atoms with Gasteiger partial charge in [-0.15, -0.1) is 0 Å². The van der Waals surface area contributed by atoms with Crippen LogP contribution in [0.1, 0.15) is 5.56 Å². The molecule has 0 aliphatic rings. The van der Waals surface area contributed by atoms with E-state index in [0.717, 1.165) is 28.0 Å². The molecule has 17 heavy (non-hydrogen) atoms. The maximum Gasteiger partial charge on any atom is 0.247 e. The number of aromatic nitrogens is 3. The number of fused-ring (bicyclic) bond motifs is 1. The van der Waals surface area contributed by atoms with E-state index in [0.29, 0.717) is 0 Å². The highest BCUT2D eigenvalue weighted by molar-refractivity contribution is 5.82. The Balaban J connectivity index is 2.21. The van der Waals surface area contributed by atoms with Crippen molar-refractivity contribution in [2.24, 2.45) is 0 Å². The summed E-state index contributed by atoms with van der Waals surface area (Å²) in [6.45, 7) is 2.03. The quantitative estimate of drug-likeness (QED) is 0.667. The summed E-state index contributed by atoms with van der Waals surface area (Å²) >= 11 is 0. The number of H-pyrrole nitrogens is 2. The van der Waals surface area contributed by atoms with Crippen LogP contribution in [0.4, 0.5) is 0 Å². The number of aromatic amines is 2. The molecule has 2 aromatic heterocycles. The van der Waals surface area contributed by atoms with Gasteiger partial charge in [0, 0.05) is 17.8 Å². The molecule has 0 unspecified atom stereocenters. The van der Waals surface area contributed by atoms with Crippen molar-refractivity contribution in [2.75, 3.05) is 0 Å². The normalized spacial score (nSPS) is 10.9. The second-order valence-electron chi connectivity index (χ2n) is 4.00. The fourth-order valence-electron chi connectivity index (χ4n) is 1.87. The van der Waals surface area contributed by atoms with Crippen molar-refractivity contribution in [2.45, 2.75) is 6.92 Å². The first-order valence-electron chi connectivity index (χ1n) is 5.38. The predicted molar refractivity (Wildman–Crippen MR) is 66.9 cm³/mol. The summed E-state index contributed by atoms with van der Waals surface area (Å²) in [4.78, 5) is 21.4. The summed E-state index contributed by atoms with van der Waals surface area (Å²) in [7, 11) is 0. The molecule has 0 saturated heterocycles. The zero-order valence-electron chi connectivity index (χ0n) is 9.32. The van der Waals surface area contributed by atoms with Gasteiger partial charge in [0.25, 0.3) is 0 Å². The number of imidazole rings is 1. The van der Waals surface area contributed by atoms with Crippen molar-refractivity contribution in [1.82, 2.24) is 15.0 Å². The Bertz CT molecular complexity index is 719. The van der Waals surface area contributed by atoms with Crippen LogP contribution in [0.2, 0.25) is 0 Å². The second-order valence-corrected chi connectivity index (χ2v) is 4.00. The van der Waals surface area contributed by atoms with E-state index in [2.05, 4.69) is 15.0 Å². The number of hydrogen-bond donors (Lipinski definition) is 2. The SMILES string of the molecule is Cc1cccc2[nH]c(-c3ccc(=O)[nH]c3)nc12. The van der Waals surface area contributed by atoms with Crippen molar-refractivity contribution < 1.29 is 0 Å². The molecule has 3 rings (SSSR count). The van der Waals surface area contributed by atoms with Crippen molar-refractivity contribution in [3.05, 3.63) is 52.4 Å². The Morgan fingerprint density at radius 3 is 2.76 bits per heavy atom. The van der Waals surface area contributed by atoms with E-state index in [1.54, 1.807) is 12.3 Å². The third-order valence-corrected chi connectivity index (χ3v) is 2.77. The number of pyridine rings is 1. The fourth-order valence-corrected chi connectivity index (χ4v) is 1.87. The Kier molecular flexibility index (Phi) is 2.08. The number of nitrogens with one attached hydrogen (secondary N) is 2. The molecular weight excluding hydrogens is 214 g/mol. The van der Waals surface area contributed by atoms with Crippen molar-refractivity contribution in [3.63, 3.8) is 0 Å². The zero-order chi connectivity index (χ0) is 11.8. The summed E-state index contributed by atoms with van der Waals surface area (Å²) < 4.78 is 0. The maximum atomic E-state index is 11.0. The molecule has 4 heteroatoms. The monoisotopic (exact) mass is 225 g/mol. The molecule has 84 valence electrons. The van der Waals surface area contributed by atoms with Gasteiger partial charge in [-0.2, -0.15) is 0 Å². The molecule has 0 fully saturated rings. The predicted octanol–water partition coefficient (Wildman–Crippen LogP) is 2.23. The average Bonchev–Trinajstić information content (AvgIpc) is 2.75. The molecule has 2 heterocycles. The summed E-state index contributed by atoms with van der Waals surface area (Å²) in [5.74, 6) is 0.769. The minimum absolute atomic E-state index is 0.110. The van der Waals surface area contributed by atoms with Gasteiger partial charge < -0.3 is 9.97 Å². The smallest absolute Gasteiger partial charge is 0.247 e. The van der Waals surface area contributed by atoms with Crippen LogP contribution in [-0.4, -0.2) is 15.0 Å². The van der Waals surface area contributed by atoms with Gasteiger partial charge in [0.15, 0.2) is 0 Å². The Morgan fingerprint density at radius 1 is 1.18 bits per heavy atom. The third kappa shape index (κ3) is 1.63. The largest absolute Gasteiger partial charge is 0.338 e. The number of nitrogens with zero attached hydrogens (tertiary/aromatic N) is 1. The molecule has 0 amide bonds. The molecule has 4 nitrogen and oxygen atoms in total. The molecule has 2 N–H and O–H groups in total. The molecule has 0 spiro atoms. The van der Waals surface area contributed by atoms with Crippen molar-refractivity contribution >= 4 is 11.0 Å². The van der Waals surface area contributed by atoms with Gasteiger partial charge in [-0.05, 0) is 24.6 Å². The van der Waals surface area contributed by atoms with Gasteiger partial charge in [0.05, 0.1) is 11.0 Å². The average molecular weight is 225 g/mol. The lowest BCUT2D eigenvalue weighted by Crippen LogP contribution is -2.01. The summed E-state index contributed by atoms with van der Waals surface area (Å²) in [5.41, 5.74) is 3.87. The first-order valence-corrected chi connectivity index (χ1v) is 5.38. The molecule has 0 radical (unpaired) electrons. The van der Waals surface area contributed by atoms with Crippen LogP contribution >= 0.6 is 0 Å². The highest BCUT2D eigenvalue weighted by Gasteiger charge is 2.06. The molecule has 0 aliphatic carbocycles. The first kappa shape index (κ1) is 9.84. The van der Waals surface area contributed by atoms with E-state index >= 15 is 0 Å². The highest BCUT2D eigenvalue weighted by atomic mass is 16.1. The first-order chi connectivity index (χ1) is 8.24. The molecule has 3 aromatic rings. The van der Waals surface area contributed by atoms with Crippen LogP contribution < -0.4 is 5.56 Å². The van der Waals surface area contributed by atoms with E-state index in [1.807, 2.05) is 25.1 Å². The number of rotatable bonds is 1. The molecular formula is C13H11N3O. The lowest BCUT2D eigenvalue weighted by atomic mass is 10.2. The van der Waals surface area contributed by atoms with Crippen LogP contribution in [0.5, 0.6) is 0 Å². The van der Waals surface area contributed by atoms with Crippen LogP contribution in [-0.2, 0) is 0 Å². The number of hydrogen-bond acceptors (Lipinski definition) is 2. The van der Waals surface area contributed by atoms with Crippen LogP contribution in [0.15, 0.2) is 41.3 Å². The van der Waals surface area contributed by atoms with Crippen molar-refractivity contribution in [3.8, 4) is 11.4 Å². The summed E-state index contributed by atoms with van der Waals surface area (Å²) in [5, 5.41) is 0. The van der Waals surface area contributed by atoms with E-state index in [9.17, 15) is 4.79 Å². The van der Waals surface area contributed by atoms with Gasteiger partial charge in [-0.3, -0.25) is 4.79 Å². The topological polar surface area (TPSA) is 61.5 Å². The Labute approximate surface area is 97.3 Å². The number of aryl methyl sites for hydroxylation is 1. The van der Waals surface area contributed by atoms with E-state index < -0.39 is 0 Å². The van der Waals surface area contributed by atoms with Gasteiger partial charge in [-0.1, -0.05) is 12.1 Å². The Hall–Kier alpha value is -2.36. The summed E-state index contributed by atoms with van der Waals surface area (Å²) in [6, 6.07) is 9.26. The van der Waals surface area contributed by atoms with Gasteiger partial charge in [0.1, 0.15) is 5.82 Å². The van der Waals surface area contributed by atoms with E-state index in [4.69, 9.17) is 0 Å². The number of para-hydroxylation sites is 1. The van der Waals surface area contributed by atoms with Crippen LogP contribution in [0.3, 0.4) is 0 Å². The molecule has 0 bridgehead atoms. The zero-order valence-corrected chi connectivity index (χ0v) is 9.32. The standard InChI is InChI=1S/C13H11N3O/c1-8-3-2-4-10-12(8)16-13(15-10)9-5-6-11(17)14-7-9/h2-7H,1H3,(H,14,17)(H,15,16). The van der Waals surface area contributed by atoms with E-state index in [1.165, 1.54) is 6.07 Å². The van der Waals surface area contributed by atoms with E-state index in [-0.39, 0.29) is 5.56 Å². The minimum atomic E-state index is -0.110. The van der Waals surface area contributed by atoms with Crippen molar-refractivity contribution in [1.29, 1.82) is 0 Å². The highest BCUT2D eigenvalue weighted by Crippen LogP contribution is 2.21. The number of benzene rings is 1. The maximum absolute atomic E-state index is 11.0. The Morgan fingerprint density at radius 2 is 2.06 bits per heavy atom. The van der Waals surface area contributed by atoms with Crippen LogP contribution in [0.25, 0.3) is 22.4 Å². The molecule has 0 atom stereocenters. The molecule has 0 saturated carbocycles. The fraction of sp³-hybridized carbons (Fsp3) is 0.0769. The second kappa shape index (κ2) is 3.59. The van der Waals surface area contributed by atoms with Crippen LogP contribution in [0, 0.1) is 6.92 Å². The van der Waals surface area contributed by atoms with Gasteiger partial charge >= 0.3 is 0 Å². The lowest BCUT2D eigenvalue weighted by molar-refractivity contribution is 1.22.